The molecule has 16 heavy (non-hydrogen) atoms. The average Bonchev–Trinajstić information content (AvgIpc) is 2.07. The van der Waals surface area contributed by atoms with Crippen molar-refractivity contribution >= 4 is 5.97 Å². The number of hydrogen-bond acceptors (Lipinski definition) is 3. The summed E-state index contributed by atoms with van der Waals surface area (Å²) in [4.78, 5) is 10.6. The molecule has 1 aromatic carbocycles. The summed E-state index contributed by atoms with van der Waals surface area (Å²) in [5.41, 5.74) is -0.409. The van der Waals surface area contributed by atoms with Crippen LogP contribution in [0.15, 0.2) is 12.1 Å². The van der Waals surface area contributed by atoms with Gasteiger partial charge in [-0.15, -0.1) is 13.2 Å². The molecule has 2 N–H and O–H groups in total. The van der Waals surface area contributed by atoms with Crippen molar-refractivity contribution in [2.24, 2.45) is 0 Å². The number of benzene rings is 1. The molecule has 0 saturated heterocycles. The van der Waals surface area contributed by atoms with Crippen molar-refractivity contribution in [3.63, 3.8) is 0 Å². The lowest BCUT2D eigenvalue weighted by atomic mass is 10.1. The molecule has 0 bridgehead atoms. The highest BCUT2D eigenvalue weighted by Gasteiger charge is 2.33. The molecule has 0 amide bonds. The van der Waals surface area contributed by atoms with Crippen LogP contribution in [0.4, 0.5) is 13.2 Å². The molecule has 7 heteroatoms. The summed E-state index contributed by atoms with van der Waals surface area (Å²) >= 11 is 0. The Balaban J connectivity index is 3.25. The van der Waals surface area contributed by atoms with E-state index in [0.29, 0.717) is 0 Å². The normalized spacial score (nSPS) is 11.2. The molecule has 0 aliphatic carbocycles. The molecular weight excluding hydrogens is 229 g/mol. The van der Waals surface area contributed by atoms with Crippen LogP contribution >= 0.6 is 0 Å². The highest BCUT2D eigenvalue weighted by Crippen LogP contribution is 2.35. The Bertz CT molecular complexity index is 425. The number of rotatable bonds is 2. The Morgan fingerprint density at radius 1 is 1.38 bits per heavy atom. The number of alkyl halides is 3. The molecular formula is C9H7F3O4. The van der Waals surface area contributed by atoms with E-state index in [0.717, 1.165) is 12.1 Å². The molecule has 1 rings (SSSR count). The van der Waals surface area contributed by atoms with E-state index in [9.17, 15) is 23.1 Å². The Morgan fingerprint density at radius 2 is 1.94 bits per heavy atom. The minimum atomic E-state index is -4.99. The maximum absolute atomic E-state index is 11.9. The van der Waals surface area contributed by atoms with Crippen molar-refractivity contribution in [2.45, 2.75) is 13.3 Å². The molecule has 1 aromatic rings. The van der Waals surface area contributed by atoms with Gasteiger partial charge in [0.2, 0.25) is 0 Å². The van der Waals surface area contributed by atoms with Crippen LogP contribution in [-0.2, 0) is 0 Å². The number of aryl methyl sites for hydroxylation is 1. The van der Waals surface area contributed by atoms with Gasteiger partial charge in [0.1, 0.15) is 5.56 Å². The summed E-state index contributed by atoms with van der Waals surface area (Å²) in [6.07, 6.45) is -4.99. The quantitative estimate of drug-likeness (QED) is 0.826. The van der Waals surface area contributed by atoms with Crippen molar-refractivity contribution in [1.29, 1.82) is 0 Å². The number of aromatic carboxylic acids is 1. The van der Waals surface area contributed by atoms with Crippen molar-refractivity contribution in [2.75, 3.05) is 0 Å². The molecule has 0 aliphatic heterocycles. The number of hydrogen-bond donors (Lipinski definition) is 2. The molecule has 0 heterocycles. The van der Waals surface area contributed by atoms with Gasteiger partial charge in [0.05, 0.1) is 0 Å². The average molecular weight is 236 g/mol. The van der Waals surface area contributed by atoms with E-state index < -0.39 is 29.4 Å². The molecule has 0 aromatic heterocycles. The zero-order valence-electron chi connectivity index (χ0n) is 8.00. The summed E-state index contributed by atoms with van der Waals surface area (Å²) in [5.74, 6) is -3.51. The van der Waals surface area contributed by atoms with Gasteiger partial charge >= 0.3 is 12.3 Å². The molecule has 0 unspecified atom stereocenters. The fourth-order valence-corrected chi connectivity index (χ4v) is 1.11. The van der Waals surface area contributed by atoms with Gasteiger partial charge in [-0.25, -0.2) is 4.79 Å². The number of carbonyl (C=O) groups is 1. The van der Waals surface area contributed by atoms with Crippen molar-refractivity contribution < 1.29 is 32.9 Å². The van der Waals surface area contributed by atoms with Gasteiger partial charge in [0.15, 0.2) is 11.5 Å². The van der Waals surface area contributed by atoms with Gasteiger partial charge in [0.25, 0.3) is 0 Å². The highest BCUT2D eigenvalue weighted by atomic mass is 19.4. The first-order valence-corrected chi connectivity index (χ1v) is 4.03. The van der Waals surface area contributed by atoms with Gasteiger partial charge in [-0.3, -0.25) is 0 Å². The molecule has 4 nitrogen and oxygen atoms in total. The Labute approximate surface area is 87.9 Å². The van der Waals surface area contributed by atoms with E-state index >= 15 is 0 Å². The van der Waals surface area contributed by atoms with Crippen molar-refractivity contribution in [3.8, 4) is 11.5 Å². The van der Waals surface area contributed by atoms with Gasteiger partial charge in [-0.05, 0) is 24.6 Å². The summed E-state index contributed by atoms with van der Waals surface area (Å²) in [7, 11) is 0. The second kappa shape index (κ2) is 3.92. The van der Waals surface area contributed by atoms with Crippen LogP contribution in [0.3, 0.4) is 0 Å². The van der Waals surface area contributed by atoms with Crippen LogP contribution in [0, 0.1) is 6.92 Å². The predicted octanol–water partition coefficient (Wildman–Crippen LogP) is 2.30. The summed E-state index contributed by atoms with van der Waals surface area (Å²) in [5, 5.41) is 17.9. The zero-order chi connectivity index (χ0) is 12.5. The highest BCUT2D eigenvalue weighted by molar-refractivity contribution is 5.92. The van der Waals surface area contributed by atoms with E-state index in [1.165, 1.54) is 6.92 Å². The van der Waals surface area contributed by atoms with Crippen LogP contribution in [0.1, 0.15) is 15.9 Å². The lowest BCUT2D eigenvalue weighted by Gasteiger charge is -2.12. The fraction of sp³-hybridized carbons (Fsp3) is 0.222. The maximum atomic E-state index is 11.9. The predicted molar refractivity (Wildman–Crippen MR) is 46.5 cm³/mol. The molecule has 0 fully saturated rings. The molecule has 88 valence electrons. The van der Waals surface area contributed by atoms with E-state index in [4.69, 9.17) is 5.11 Å². The lowest BCUT2D eigenvalue weighted by Crippen LogP contribution is -2.17. The molecule has 0 atom stereocenters. The third-order valence-corrected chi connectivity index (χ3v) is 1.68. The van der Waals surface area contributed by atoms with E-state index in [-0.39, 0.29) is 5.56 Å². The van der Waals surface area contributed by atoms with Crippen molar-refractivity contribution in [1.82, 2.24) is 0 Å². The van der Waals surface area contributed by atoms with Crippen LogP contribution in [0.5, 0.6) is 11.5 Å². The SMILES string of the molecule is Cc1cc(OC(F)(F)F)c(O)c(C(=O)O)c1. The fourth-order valence-electron chi connectivity index (χ4n) is 1.11. The molecule has 0 spiro atoms. The number of carboxylic acids is 1. The first kappa shape index (κ1) is 12.2. The van der Waals surface area contributed by atoms with E-state index in [2.05, 4.69) is 4.74 Å². The number of aromatic hydroxyl groups is 1. The van der Waals surface area contributed by atoms with E-state index in [1.54, 1.807) is 0 Å². The molecule has 0 aliphatic rings. The largest absolute Gasteiger partial charge is 0.573 e. The second-order valence-corrected chi connectivity index (χ2v) is 3.01. The summed E-state index contributed by atoms with van der Waals surface area (Å²) in [6.45, 7) is 1.38. The number of phenols is 1. The standard InChI is InChI=1S/C9H7F3O4/c1-4-2-5(8(14)15)7(13)6(3-4)16-9(10,11)12/h2-3,13H,1H3,(H,14,15). The first-order chi connectivity index (χ1) is 7.20. The summed E-state index contributed by atoms with van der Waals surface area (Å²) in [6, 6.07) is 1.94. The number of ether oxygens (including phenoxy) is 1. The minimum Gasteiger partial charge on any atom is -0.504 e. The van der Waals surface area contributed by atoms with Gasteiger partial charge in [-0.2, -0.15) is 0 Å². The van der Waals surface area contributed by atoms with Crippen molar-refractivity contribution in [3.05, 3.63) is 23.3 Å². The number of carboxylic acid groups (broad SMARTS) is 1. The lowest BCUT2D eigenvalue weighted by molar-refractivity contribution is -0.275. The number of halogens is 3. The Hall–Kier alpha value is -1.92. The Morgan fingerprint density at radius 3 is 2.38 bits per heavy atom. The first-order valence-electron chi connectivity index (χ1n) is 4.03. The third-order valence-electron chi connectivity index (χ3n) is 1.68. The Kier molecular flexibility index (Phi) is 2.97. The monoisotopic (exact) mass is 236 g/mol. The third kappa shape index (κ3) is 2.78. The van der Waals surface area contributed by atoms with Gasteiger partial charge in [0, 0.05) is 0 Å². The van der Waals surface area contributed by atoms with Crippen LogP contribution in [0.2, 0.25) is 0 Å². The smallest absolute Gasteiger partial charge is 0.504 e. The van der Waals surface area contributed by atoms with Gasteiger partial charge in [-0.1, -0.05) is 0 Å². The summed E-state index contributed by atoms with van der Waals surface area (Å²) < 4.78 is 39.2. The van der Waals surface area contributed by atoms with Crippen LogP contribution < -0.4 is 4.74 Å². The molecule has 0 radical (unpaired) electrons. The topological polar surface area (TPSA) is 66.8 Å². The van der Waals surface area contributed by atoms with E-state index in [1.807, 2.05) is 0 Å². The van der Waals surface area contributed by atoms with Crippen LogP contribution in [-0.4, -0.2) is 22.5 Å². The maximum Gasteiger partial charge on any atom is 0.573 e. The van der Waals surface area contributed by atoms with Crippen LogP contribution in [0.25, 0.3) is 0 Å². The second-order valence-electron chi connectivity index (χ2n) is 3.01. The molecule has 0 saturated carbocycles. The van der Waals surface area contributed by atoms with Gasteiger partial charge < -0.3 is 14.9 Å². The zero-order valence-corrected chi connectivity index (χ0v) is 8.00. The minimum absolute atomic E-state index is 0.231.